The van der Waals surface area contributed by atoms with E-state index in [0.717, 1.165) is 11.5 Å². The van der Waals surface area contributed by atoms with Gasteiger partial charge in [0, 0.05) is 37.2 Å². The van der Waals surface area contributed by atoms with Crippen LogP contribution in [0.1, 0.15) is 12.2 Å². The Bertz CT molecular complexity index is 1070. The number of fused-ring (bicyclic) bond motifs is 1. The fraction of sp³-hybridized carbons (Fsp3) is 0.300. The monoisotopic (exact) mass is 413 g/mol. The number of methoxy groups -OCH3 is 1. The van der Waals surface area contributed by atoms with E-state index in [1.807, 2.05) is 28.8 Å². The summed E-state index contributed by atoms with van der Waals surface area (Å²) in [6.45, 7) is 0.703. The van der Waals surface area contributed by atoms with Crippen molar-refractivity contribution in [3.63, 3.8) is 0 Å². The van der Waals surface area contributed by atoms with Crippen LogP contribution in [0.5, 0.6) is 5.75 Å². The Labute approximate surface area is 172 Å². The summed E-state index contributed by atoms with van der Waals surface area (Å²) >= 11 is 6.07. The second kappa shape index (κ2) is 8.08. The quantitative estimate of drug-likeness (QED) is 0.668. The Morgan fingerprint density at radius 3 is 3.00 bits per heavy atom. The van der Waals surface area contributed by atoms with Crippen LogP contribution in [0.4, 0.5) is 5.69 Å². The fourth-order valence-corrected chi connectivity index (χ4v) is 3.66. The number of rotatable bonds is 6. The summed E-state index contributed by atoms with van der Waals surface area (Å²) in [6.07, 6.45) is 2.58. The standard InChI is InChI=1S/C20H20ClN5O3/c1-29-16-6-5-14(21)11-15(16)26-12-13(10-19(26)27)20(28)22-8-7-18-24-23-17-4-2-3-9-25(17)18/h2-6,9,11,13H,7-8,10,12H2,1H3,(H,22,28). The molecule has 1 aromatic carbocycles. The molecule has 1 N–H and O–H groups in total. The number of amides is 2. The number of benzene rings is 1. The molecule has 3 heterocycles. The van der Waals surface area contributed by atoms with Crippen molar-refractivity contribution in [2.75, 3.05) is 25.1 Å². The molecule has 1 unspecified atom stereocenters. The minimum absolute atomic E-state index is 0.130. The first-order chi connectivity index (χ1) is 14.1. The van der Waals surface area contributed by atoms with Gasteiger partial charge in [0.2, 0.25) is 11.8 Å². The van der Waals surface area contributed by atoms with Crippen molar-refractivity contribution >= 4 is 34.7 Å². The van der Waals surface area contributed by atoms with Crippen molar-refractivity contribution < 1.29 is 14.3 Å². The van der Waals surface area contributed by atoms with E-state index >= 15 is 0 Å². The van der Waals surface area contributed by atoms with Gasteiger partial charge in [-0.1, -0.05) is 17.7 Å². The Hall–Kier alpha value is -3.13. The minimum Gasteiger partial charge on any atom is -0.495 e. The first-order valence-electron chi connectivity index (χ1n) is 9.27. The lowest BCUT2D eigenvalue weighted by molar-refractivity contribution is -0.126. The molecule has 0 radical (unpaired) electrons. The number of nitrogens with one attached hydrogen (secondary N) is 1. The molecule has 2 aromatic heterocycles. The van der Waals surface area contributed by atoms with Gasteiger partial charge in [0.05, 0.1) is 18.7 Å². The van der Waals surface area contributed by atoms with Gasteiger partial charge < -0.3 is 15.0 Å². The predicted molar refractivity (Wildman–Crippen MR) is 108 cm³/mol. The molecule has 1 fully saturated rings. The van der Waals surface area contributed by atoms with Crippen LogP contribution < -0.4 is 15.0 Å². The molecule has 0 aliphatic carbocycles. The van der Waals surface area contributed by atoms with Gasteiger partial charge in [-0.05, 0) is 30.3 Å². The molecular formula is C20H20ClN5O3. The maximum absolute atomic E-state index is 12.6. The molecular weight excluding hydrogens is 394 g/mol. The van der Waals surface area contributed by atoms with Crippen LogP contribution in [-0.2, 0) is 16.0 Å². The van der Waals surface area contributed by atoms with Gasteiger partial charge in [-0.15, -0.1) is 10.2 Å². The third-order valence-corrected chi connectivity index (χ3v) is 5.19. The second-order valence-electron chi connectivity index (χ2n) is 6.81. The molecule has 1 saturated heterocycles. The van der Waals surface area contributed by atoms with E-state index in [1.54, 1.807) is 23.1 Å². The van der Waals surface area contributed by atoms with E-state index < -0.39 is 5.92 Å². The molecule has 8 nitrogen and oxygen atoms in total. The maximum Gasteiger partial charge on any atom is 0.227 e. The van der Waals surface area contributed by atoms with E-state index in [-0.39, 0.29) is 24.8 Å². The molecule has 9 heteroatoms. The molecule has 3 aromatic rings. The third kappa shape index (κ3) is 3.88. The van der Waals surface area contributed by atoms with Crippen molar-refractivity contribution in [2.45, 2.75) is 12.8 Å². The summed E-state index contributed by atoms with van der Waals surface area (Å²) in [6, 6.07) is 10.8. The molecule has 0 spiro atoms. The smallest absolute Gasteiger partial charge is 0.227 e. The summed E-state index contributed by atoms with van der Waals surface area (Å²) in [5.74, 6) is 0.599. The zero-order valence-electron chi connectivity index (χ0n) is 15.8. The highest BCUT2D eigenvalue weighted by Crippen LogP contribution is 2.35. The topological polar surface area (TPSA) is 88.8 Å². The highest BCUT2D eigenvalue weighted by Gasteiger charge is 2.36. The summed E-state index contributed by atoms with van der Waals surface area (Å²) in [7, 11) is 1.53. The molecule has 1 aliphatic rings. The SMILES string of the molecule is COc1ccc(Cl)cc1N1CC(C(=O)NCCc2nnc3ccccn23)CC1=O. The fourth-order valence-electron chi connectivity index (χ4n) is 3.49. The Morgan fingerprint density at radius 1 is 1.31 bits per heavy atom. The van der Waals surface area contributed by atoms with Crippen LogP contribution in [0.3, 0.4) is 0 Å². The number of hydrogen-bond acceptors (Lipinski definition) is 5. The van der Waals surface area contributed by atoms with Crippen molar-refractivity contribution in [3.8, 4) is 5.75 Å². The van der Waals surface area contributed by atoms with Crippen LogP contribution >= 0.6 is 11.6 Å². The zero-order valence-corrected chi connectivity index (χ0v) is 16.6. The van der Waals surface area contributed by atoms with Gasteiger partial charge in [-0.25, -0.2) is 0 Å². The lowest BCUT2D eigenvalue weighted by Crippen LogP contribution is -2.34. The van der Waals surface area contributed by atoms with Gasteiger partial charge in [0.15, 0.2) is 5.65 Å². The summed E-state index contributed by atoms with van der Waals surface area (Å²) < 4.78 is 7.22. The number of aromatic nitrogens is 3. The van der Waals surface area contributed by atoms with Crippen molar-refractivity contribution in [2.24, 2.45) is 5.92 Å². The van der Waals surface area contributed by atoms with Gasteiger partial charge in [0.25, 0.3) is 0 Å². The minimum atomic E-state index is -0.429. The third-order valence-electron chi connectivity index (χ3n) is 4.96. The molecule has 150 valence electrons. The lowest BCUT2D eigenvalue weighted by Gasteiger charge is -2.19. The molecule has 4 rings (SSSR count). The molecule has 0 bridgehead atoms. The normalized spacial score (nSPS) is 16.4. The summed E-state index contributed by atoms with van der Waals surface area (Å²) in [5, 5.41) is 11.7. The number of anilines is 1. The van der Waals surface area contributed by atoms with E-state index in [0.29, 0.717) is 29.4 Å². The summed E-state index contributed by atoms with van der Waals surface area (Å²) in [5.41, 5.74) is 1.34. The van der Waals surface area contributed by atoms with Crippen molar-refractivity contribution in [1.82, 2.24) is 19.9 Å². The van der Waals surface area contributed by atoms with E-state index in [9.17, 15) is 9.59 Å². The van der Waals surface area contributed by atoms with E-state index in [1.165, 1.54) is 7.11 Å². The predicted octanol–water partition coefficient (Wildman–Crippen LogP) is 2.10. The number of nitrogens with zero attached hydrogens (tertiary/aromatic N) is 4. The molecule has 29 heavy (non-hydrogen) atoms. The average molecular weight is 414 g/mol. The second-order valence-corrected chi connectivity index (χ2v) is 7.24. The Balaban J connectivity index is 1.38. The number of halogens is 1. The van der Waals surface area contributed by atoms with Crippen molar-refractivity contribution in [1.29, 1.82) is 0 Å². The van der Waals surface area contributed by atoms with Crippen LogP contribution in [0.25, 0.3) is 5.65 Å². The van der Waals surface area contributed by atoms with E-state index in [2.05, 4.69) is 15.5 Å². The Kier molecular flexibility index (Phi) is 5.35. The van der Waals surface area contributed by atoms with Crippen LogP contribution in [0, 0.1) is 5.92 Å². The number of hydrogen-bond donors (Lipinski definition) is 1. The zero-order chi connectivity index (χ0) is 20.4. The largest absolute Gasteiger partial charge is 0.495 e. The molecule has 1 aliphatic heterocycles. The highest BCUT2D eigenvalue weighted by atomic mass is 35.5. The molecule has 1 atom stereocenters. The first kappa shape index (κ1) is 19.2. The van der Waals surface area contributed by atoms with Crippen LogP contribution in [0.2, 0.25) is 5.02 Å². The Morgan fingerprint density at radius 2 is 2.17 bits per heavy atom. The van der Waals surface area contributed by atoms with Gasteiger partial charge >= 0.3 is 0 Å². The number of carbonyl (C=O) groups is 2. The lowest BCUT2D eigenvalue weighted by atomic mass is 10.1. The van der Waals surface area contributed by atoms with Crippen molar-refractivity contribution in [3.05, 3.63) is 53.4 Å². The van der Waals surface area contributed by atoms with Gasteiger partial charge in [-0.2, -0.15) is 0 Å². The maximum atomic E-state index is 12.6. The first-order valence-corrected chi connectivity index (χ1v) is 9.65. The highest BCUT2D eigenvalue weighted by molar-refractivity contribution is 6.31. The number of ether oxygens (including phenoxy) is 1. The van der Waals surface area contributed by atoms with Crippen LogP contribution in [-0.4, -0.2) is 46.6 Å². The number of pyridine rings is 1. The summed E-state index contributed by atoms with van der Waals surface area (Å²) in [4.78, 5) is 26.6. The van der Waals surface area contributed by atoms with Gasteiger partial charge in [0.1, 0.15) is 11.6 Å². The van der Waals surface area contributed by atoms with Gasteiger partial charge in [-0.3, -0.25) is 14.0 Å². The van der Waals surface area contributed by atoms with E-state index in [4.69, 9.17) is 16.3 Å². The van der Waals surface area contributed by atoms with Crippen LogP contribution in [0.15, 0.2) is 42.6 Å². The average Bonchev–Trinajstić information content (AvgIpc) is 3.31. The number of carbonyl (C=O) groups excluding carboxylic acids is 2. The molecule has 2 amide bonds. The molecule has 0 saturated carbocycles.